The number of carbonyl (C=O) groups is 1. The number of nitrogens with zero attached hydrogens (tertiary/aromatic N) is 2. The van der Waals surface area contributed by atoms with Gasteiger partial charge in [-0.3, -0.25) is 19.2 Å². The number of carbonyl (C=O) groups excluding carboxylic acids is 1. The van der Waals surface area contributed by atoms with Crippen LogP contribution in [0.2, 0.25) is 0 Å². The number of rotatable bonds is 7. The molecule has 0 N–H and O–H groups in total. The average molecular weight is 382 g/mol. The Bertz CT molecular complexity index is 915. The number of benzene rings is 2. The van der Waals surface area contributed by atoms with Crippen LogP contribution in [0.15, 0.2) is 53.4 Å². The van der Waals surface area contributed by atoms with Gasteiger partial charge in [-0.25, -0.2) is 12.8 Å². The second-order valence-electron chi connectivity index (χ2n) is 5.05. The summed E-state index contributed by atoms with van der Waals surface area (Å²) in [6.45, 7) is 0.944. The predicted molar refractivity (Wildman–Crippen MR) is 90.7 cm³/mol. The summed E-state index contributed by atoms with van der Waals surface area (Å²) in [5.74, 6) is -1.50. The molecule has 0 aromatic heterocycles. The summed E-state index contributed by atoms with van der Waals surface area (Å²) in [5.41, 5.74) is -0.358. The van der Waals surface area contributed by atoms with Crippen molar-refractivity contribution in [1.82, 2.24) is 0 Å². The number of non-ortho nitro benzene ring substituents is 1. The van der Waals surface area contributed by atoms with Gasteiger partial charge >= 0.3 is 5.97 Å². The molecule has 0 saturated heterocycles. The zero-order chi connectivity index (χ0) is 19.3. The fraction of sp³-hybridized carbons (Fsp3) is 0.188. The maximum atomic E-state index is 13.5. The summed E-state index contributed by atoms with van der Waals surface area (Å²) in [6, 6.07) is 8.87. The third-order valence-corrected chi connectivity index (χ3v) is 5.10. The molecule has 0 aliphatic heterocycles. The van der Waals surface area contributed by atoms with E-state index in [4.69, 9.17) is 4.74 Å². The minimum Gasteiger partial charge on any atom is -0.465 e. The number of anilines is 1. The van der Waals surface area contributed by atoms with Gasteiger partial charge in [0, 0.05) is 12.1 Å². The van der Waals surface area contributed by atoms with Crippen LogP contribution in [-0.2, 0) is 19.6 Å². The fourth-order valence-corrected chi connectivity index (χ4v) is 3.54. The average Bonchev–Trinajstić information content (AvgIpc) is 2.60. The number of hydrogen-bond acceptors (Lipinski definition) is 6. The third kappa shape index (κ3) is 4.33. The monoisotopic (exact) mass is 382 g/mol. The van der Waals surface area contributed by atoms with Crippen molar-refractivity contribution in [3.63, 3.8) is 0 Å². The second-order valence-corrected chi connectivity index (χ2v) is 6.91. The standard InChI is InChI=1S/C16H15FN2O6S/c1-2-25-16(20)11-18(14-5-3-4-12(17)10-14)26(23,24)15-8-6-13(7-9-15)19(21)22/h3-10H,2,11H2,1H3. The van der Waals surface area contributed by atoms with Crippen molar-refractivity contribution in [1.29, 1.82) is 0 Å². The molecule has 0 radical (unpaired) electrons. The molecule has 0 bridgehead atoms. The molecule has 0 heterocycles. The number of esters is 1. The number of nitro benzene ring substituents is 1. The molecule has 0 unspecified atom stereocenters. The molecule has 0 atom stereocenters. The Hall–Kier alpha value is -3.01. The molecule has 0 spiro atoms. The van der Waals surface area contributed by atoms with Gasteiger partial charge in [0.1, 0.15) is 12.4 Å². The molecular formula is C16H15FN2O6S. The molecule has 0 fully saturated rings. The highest BCUT2D eigenvalue weighted by molar-refractivity contribution is 7.92. The molecule has 2 rings (SSSR count). The van der Waals surface area contributed by atoms with Crippen molar-refractivity contribution in [2.75, 3.05) is 17.5 Å². The van der Waals surface area contributed by atoms with E-state index in [0.717, 1.165) is 36.4 Å². The van der Waals surface area contributed by atoms with Gasteiger partial charge < -0.3 is 4.74 Å². The molecule has 138 valence electrons. The van der Waals surface area contributed by atoms with Crippen LogP contribution in [0.4, 0.5) is 15.8 Å². The zero-order valence-electron chi connectivity index (χ0n) is 13.7. The van der Waals surface area contributed by atoms with Gasteiger partial charge in [0.2, 0.25) is 0 Å². The number of sulfonamides is 1. The van der Waals surface area contributed by atoms with E-state index in [0.29, 0.717) is 4.31 Å². The van der Waals surface area contributed by atoms with Crippen LogP contribution in [0.3, 0.4) is 0 Å². The van der Waals surface area contributed by atoms with Crippen molar-refractivity contribution in [3.05, 3.63) is 64.5 Å². The molecule has 0 saturated carbocycles. The van der Waals surface area contributed by atoms with Gasteiger partial charge in [-0.05, 0) is 37.3 Å². The zero-order valence-corrected chi connectivity index (χ0v) is 14.5. The lowest BCUT2D eigenvalue weighted by Crippen LogP contribution is -2.36. The normalized spacial score (nSPS) is 11.0. The first-order valence-corrected chi connectivity index (χ1v) is 8.88. The minimum atomic E-state index is -4.28. The largest absolute Gasteiger partial charge is 0.465 e. The van der Waals surface area contributed by atoms with E-state index in [9.17, 15) is 27.7 Å². The van der Waals surface area contributed by atoms with Crippen LogP contribution in [0.5, 0.6) is 0 Å². The molecule has 2 aromatic rings. The number of nitro groups is 1. The highest BCUT2D eigenvalue weighted by Crippen LogP contribution is 2.25. The Morgan fingerprint density at radius 2 is 1.88 bits per heavy atom. The van der Waals surface area contributed by atoms with Gasteiger partial charge in [0.15, 0.2) is 0 Å². The lowest BCUT2D eigenvalue weighted by Gasteiger charge is -2.23. The molecule has 10 heteroatoms. The summed E-state index contributed by atoms with van der Waals surface area (Å²) in [4.78, 5) is 21.6. The molecule has 0 aliphatic carbocycles. The summed E-state index contributed by atoms with van der Waals surface area (Å²) < 4.78 is 44.8. The first-order chi connectivity index (χ1) is 12.3. The predicted octanol–water partition coefficient (Wildman–Crippen LogP) is 2.49. The Morgan fingerprint density at radius 3 is 2.42 bits per heavy atom. The van der Waals surface area contributed by atoms with Gasteiger partial charge in [-0.1, -0.05) is 6.07 Å². The Labute approximate surface area is 149 Å². The molecule has 0 amide bonds. The van der Waals surface area contributed by atoms with Crippen molar-refractivity contribution in [2.45, 2.75) is 11.8 Å². The van der Waals surface area contributed by atoms with E-state index in [1.165, 1.54) is 12.1 Å². The highest BCUT2D eigenvalue weighted by atomic mass is 32.2. The fourth-order valence-electron chi connectivity index (χ4n) is 2.14. The Morgan fingerprint density at radius 1 is 1.23 bits per heavy atom. The lowest BCUT2D eigenvalue weighted by molar-refractivity contribution is -0.384. The maximum Gasteiger partial charge on any atom is 0.326 e. The van der Waals surface area contributed by atoms with Gasteiger partial charge in [-0.15, -0.1) is 0 Å². The van der Waals surface area contributed by atoms with Crippen molar-refractivity contribution >= 4 is 27.4 Å². The highest BCUT2D eigenvalue weighted by Gasteiger charge is 2.28. The molecule has 2 aromatic carbocycles. The van der Waals surface area contributed by atoms with E-state index in [2.05, 4.69) is 0 Å². The molecule has 26 heavy (non-hydrogen) atoms. The maximum absolute atomic E-state index is 13.5. The van der Waals surface area contributed by atoms with E-state index >= 15 is 0 Å². The number of hydrogen-bond donors (Lipinski definition) is 0. The summed E-state index contributed by atoms with van der Waals surface area (Å²) in [5, 5.41) is 10.7. The summed E-state index contributed by atoms with van der Waals surface area (Å²) >= 11 is 0. The quantitative estimate of drug-likeness (QED) is 0.414. The van der Waals surface area contributed by atoms with Crippen LogP contribution < -0.4 is 4.31 Å². The molecular weight excluding hydrogens is 367 g/mol. The van der Waals surface area contributed by atoms with Crippen molar-refractivity contribution in [3.8, 4) is 0 Å². The van der Waals surface area contributed by atoms with Gasteiger partial charge in [-0.2, -0.15) is 0 Å². The third-order valence-electron chi connectivity index (χ3n) is 3.31. The first-order valence-electron chi connectivity index (χ1n) is 7.44. The smallest absolute Gasteiger partial charge is 0.326 e. The summed E-state index contributed by atoms with van der Waals surface area (Å²) in [6.07, 6.45) is 0. The second kappa shape index (κ2) is 7.91. The summed E-state index contributed by atoms with van der Waals surface area (Å²) in [7, 11) is -4.28. The van der Waals surface area contributed by atoms with E-state index in [1.54, 1.807) is 6.92 Å². The van der Waals surface area contributed by atoms with E-state index in [-0.39, 0.29) is 22.9 Å². The van der Waals surface area contributed by atoms with Gasteiger partial charge in [0.25, 0.3) is 15.7 Å². The van der Waals surface area contributed by atoms with Crippen molar-refractivity contribution in [2.24, 2.45) is 0 Å². The Balaban J connectivity index is 2.48. The number of halogens is 1. The van der Waals surface area contributed by atoms with E-state index in [1.807, 2.05) is 0 Å². The molecule has 8 nitrogen and oxygen atoms in total. The van der Waals surface area contributed by atoms with Crippen LogP contribution in [0.25, 0.3) is 0 Å². The SMILES string of the molecule is CCOC(=O)CN(c1cccc(F)c1)S(=O)(=O)c1ccc([N+](=O)[O-])cc1. The Kier molecular flexibility index (Phi) is 5.88. The topological polar surface area (TPSA) is 107 Å². The van der Waals surface area contributed by atoms with Gasteiger partial charge in [0.05, 0.1) is 22.1 Å². The van der Waals surface area contributed by atoms with Crippen LogP contribution in [-0.4, -0.2) is 32.5 Å². The van der Waals surface area contributed by atoms with Crippen LogP contribution in [0.1, 0.15) is 6.92 Å². The van der Waals surface area contributed by atoms with Crippen molar-refractivity contribution < 1.29 is 27.3 Å². The van der Waals surface area contributed by atoms with E-state index < -0.39 is 33.3 Å². The number of ether oxygens (including phenoxy) is 1. The minimum absolute atomic E-state index is 0.0490. The first kappa shape index (κ1) is 19.3. The molecule has 0 aliphatic rings. The lowest BCUT2D eigenvalue weighted by atomic mass is 10.3. The van der Waals surface area contributed by atoms with Crippen LogP contribution in [0, 0.1) is 15.9 Å². The van der Waals surface area contributed by atoms with Crippen LogP contribution >= 0.6 is 0 Å².